The van der Waals surface area contributed by atoms with Crippen molar-refractivity contribution < 1.29 is 18.7 Å². The Bertz CT molecular complexity index is 911. The molecule has 1 aromatic heterocycles. The first-order chi connectivity index (χ1) is 13.9. The Kier molecular flexibility index (Phi) is 4.39. The van der Waals surface area contributed by atoms with Crippen LogP contribution in [-0.4, -0.2) is 28.2 Å². The molecule has 4 bridgehead atoms. The summed E-state index contributed by atoms with van der Waals surface area (Å²) in [6.45, 7) is 1.78. The van der Waals surface area contributed by atoms with Gasteiger partial charge in [-0.05, 0) is 81.5 Å². The third kappa shape index (κ3) is 3.31. The topological polar surface area (TPSA) is 74.5 Å². The molecule has 4 fully saturated rings. The predicted octanol–water partition coefficient (Wildman–Crippen LogP) is 4.93. The molecule has 0 spiro atoms. The standard InChI is InChI=1S/C22H25ClN2O4/c1-13(18-24-25-19(29-18)16-3-5-17(27-2)6-4-16)28-20(26)21-8-14-7-15(9-21)11-22(23,10-14)12-21/h3-6,13-15H,7-12H2,1-2H3. The Balaban J connectivity index is 1.30. The van der Waals surface area contributed by atoms with Crippen molar-refractivity contribution in [1.29, 1.82) is 0 Å². The zero-order chi connectivity index (χ0) is 20.2. The summed E-state index contributed by atoms with van der Waals surface area (Å²) >= 11 is 6.85. The van der Waals surface area contributed by atoms with Crippen LogP contribution in [-0.2, 0) is 9.53 Å². The molecule has 4 saturated carbocycles. The number of alkyl halides is 1. The van der Waals surface area contributed by atoms with Crippen molar-refractivity contribution >= 4 is 17.6 Å². The lowest BCUT2D eigenvalue weighted by atomic mass is 9.49. The molecule has 1 aromatic carbocycles. The van der Waals surface area contributed by atoms with E-state index in [2.05, 4.69) is 10.2 Å². The molecule has 4 aliphatic carbocycles. The van der Waals surface area contributed by atoms with Gasteiger partial charge >= 0.3 is 5.97 Å². The fourth-order valence-electron chi connectivity index (χ4n) is 5.97. The van der Waals surface area contributed by atoms with Crippen LogP contribution >= 0.6 is 11.6 Å². The molecule has 6 rings (SSSR count). The van der Waals surface area contributed by atoms with E-state index in [1.165, 1.54) is 6.42 Å². The Labute approximate surface area is 174 Å². The first-order valence-electron chi connectivity index (χ1n) is 10.3. The number of methoxy groups -OCH3 is 1. The molecule has 1 heterocycles. The van der Waals surface area contributed by atoms with Gasteiger partial charge in [-0.2, -0.15) is 0 Å². The Morgan fingerprint density at radius 1 is 1.17 bits per heavy atom. The monoisotopic (exact) mass is 416 g/mol. The average molecular weight is 417 g/mol. The fourth-order valence-corrected chi connectivity index (χ4v) is 6.67. The quantitative estimate of drug-likeness (QED) is 0.508. The van der Waals surface area contributed by atoms with Gasteiger partial charge in [-0.3, -0.25) is 4.79 Å². The molecule has 4 aliphatic rings. The lowest BCUT2D eigenvalue weighted by molar-refractivity contribution is -0.176. The second kappa shape index (κ2) is 6.73. The minimum atomic E-state index is -0.596. The van der Waals surface area contributed by atoms with Gasteiger partial charge in [0.1, 0.15) is 5.75 Å². The van der Waals surface area contributed by atoms with Crippen LogP contribution in [0, 0.1) is 17.3 Å². The number of rotatable bonds is 5. The SMILES string of the molecule is COc1ccc(-c2nnc(C(C)OC(=O)C34CC5CC(CC(Cl)(C5)C3)C4)o2)cc1. The van der Waals surface area contributed by atoms with Crippen molar-refractivity contribution in [2.24, 2.45) is 17.3 Å². The van der Waals surface area contributed by atoms with E-state index in [-0.39, 0.29) is 10.8 Å². The number of halogens is 1. The van der Waals surface area contributed by atoms with E-state index in [1.807, 2.05) is 24.3 Å². The van der Waals surface area contributed by atoms with Crippen molar-refractivity contribution in [1.82, 2.24) is 10.2 Å². The van der Waals surface area contributed by atoms with Gasteiger partial charge in [0.15, 0.2) is 6.10 Å². The van der Waals surface area contributed by atoms with Gasteiger partial charge in [-0.25, -0.2) is 0 Å². The molecule has 3 atom stereocenters. The van der Waals surface area contributed by atoms with E-state index < -0.39 is 11.5 Å². The molecule has 3 unspecified atom stereocenters. The van der Waals surface area contributed by atoms with Crippen molar-refractivity contribution in [2.45, 2.75) is 56.4 Å². The first kappa shape index (κ1) is 18.9. The van der Waals surface area contributed by atoms with Crippen LogP contribution in [0.4, 0.5) is 0 Å². The minimum absolute atomic E-state index is 0.159. The summed E-state index contributed by atoms with van der Waals surface area (Å²) < 4.78 is 16.8. The zero-order valence-electron chi connectivity index (χ0n) is 16.7. The third-order valence-electron chi connectivity index (χ3n) is 6.83. The number of hydrogen-bond acceptors (Lipinski definition) is 6. The molecule has 2 aromatic rings. The highest BCUT2D eigenvalue weighted by atomic mass is 35.5. The molecule has 0 aliphatic heterocycles. The fraction of sp³-hybridized carbons (Fsp3) is 0.591. The summed E-state index contributed by atoms with van der Waals surface area (Å²) in [6.07, 6.45) is 5.18. The second-order valence-corrected chi connectivity index (χ2v) is 9.92. The van der Waals surface area contributed by atoms with Crippen molar-refractivity contribution in [3.05, 3.63) is 30.2 Å². The summed E-state index contributed by atoms with van der Waals surface area (Å²) in [7, 11) is 1.62. The van der Waals surface area contributed by atoms with Gasteiger partial charge in [0.25, 0.3) is 5.89 Å². The van der Waals surface area contributed by atoms with Crippen LogP contribution in [0.3, 0.4) is 0 Å². The van der Waals surface area contributed by atoms with E-state index >= 15 is 0 Å². The zero-order valence-corrected chi connectivity index (χ0v) is 17.4. The van der Waals surface area contributed by atoms with Crippen LogP contribution in [0.5, 0.6) is 5.75 Å². The molecule has 0 saturated heterocycles. The van der Waals surface area contributed by atoms with E-state index in [4.69, 9.17) is 25.5 Å². The molecular formula is C22H25ClN2O4. The Morgan fingerprint density at radius 2 is 1.86 bits per heavy atom. The van der Waals surface area contributed by atoms with Crippen LogP contribution in [0.1, 0.15) is 57.4 Å². The normalized spacial score (nSPS) is 33.5. The minimum Gasteiger partial charge on any atom is -0.497 e. The molecule has 7 heteroatoms. The maximum absolute atomic E-state index is 13.2. The van der Waals surface area contributed by atoms with Crippen LogP contribution in [0.15, 0.2) is 28.7 Å². The molecular weight excluding hydrogens is 392 g/mol. The van der Waals surface area contributed by atoms with Crippen LogP contribution < -0.4 is 4.74 Å². The summed E-state index contributed by atoms with van der Waals surface area (Å²) in [5.41, 5.74) is 0.340. The average Bonchev–Trinajstić information content (AvgIpc) is 3.16. The molecule has 0 radical (unpaired) electrons. The van der Waals surface area contributed by atoms with Crippen molar-refractivity contribution in [3.8, 4) is 17.2 Å². The summed E-state index contributed by atoms with van der Waals surface area (Å²) in [6, 6.07) is 7.36. The lowest BCUT2D eigenvalue weighted by Crippen LogP contribution is -2.56. The first-order valence-corrected chi connectivity index (χ1v) is 10.6. The maximum atomic E-state index is 13.2. The molecule has 6 nitrogen and oxygen atoms in total. The highest BCUT2D eigenvalue weighted by molar-refractivity contribution is 6.24. The number of hydrogen-bond donors (Lipinski definition) is 0. The van der Waals surface area contributed by atoms with Gasteiger partial charge in [-0.1, -0.05) is 0 Å². The smallest absolute Gasteiger partial charge is 0.312 e. The number of carbonyl (C=O) groups excluding carboxylic acids is 1. The Hall–Kier alpha value is -2.08. The Morgan fingerprint density at radius 3 is 2.48 bits per heavy atom. The van der Waals surface area contributed by atoms with E-state index in [1.54, 1.807) is 14.0 Å². The molecule has 0 N–H and O–H groups in total. The number of esters is 1. The summed E-state index contributed by atoms with van der Waals surface area (Å²) in [5.74, 6) is 2.37. The number of nitrogens with zero attached hydrogens (tertiary/aromatic N) is 2. The van der Waals surface area contributed by atoms with E-state index in [0.29, 0.717) is 23.6 Å². The van der Waals surface area contributed by atoms with Crippen molar-refractivity contribution in [3.63, 3.8) is 0 Å². The molecule has 29 heavy (non-hydrogen) atoms. The summed E-state index contributed by atoms with van der Waals surface area (Å²) in [5, 5.41) is 8.20. The lowest BCUT2D eigenvalue weighted by Gasteiger charge is -2.58. The van der Waals surface area contributed by atoms with Gasteiger partial charge in [0.2, 0.25) is 5.89 Å². The second-order valence-electron chi connectivity index (χ2n) is 9.11. The number of aromatic nitrogens is 2. The predicted molar refractivity (Wildman–Crippen MR) is 106 cm³/mol. The number of benzene rings is 1. The third-order valence-corrected chi connectivity index (χ3v) is 7.27. The van der Waals surface area contributed by atoms with Crippen LogP contribution in [0.25, 0.3) is 11.5 Å². The highest BCUT2D eigenvalue weighted by Gasteiger charge is 2.61. The van der Waals surface area contributed by atoms with Crippen LogP contribution in [0.2, 0.25) is 0 Å². The van der Waals surface area contributed by atoms with E-state index in [0.717, 1.165) is 43.4 Å². The largest absolute Gasteiger partial charge is 0.497 e. The molecule has 154 valence electrons. The summed E-state index contributed by atoms with van der Waals surface area (Å²) in [4.78, 5) is 13.0. The van der Waals surface area contributed by atoms with Gasteiger partial charge in [-0.15, -0.1) is 21.8 Å². The van der Waals surface area contributed by atoms with E-state index in [9.17, 15) is 4.79 Å². The van der Waals surface area contributed by atoms with Gasteiger partial charge in [0, 0.05) is 10.4 Å². The van der Waals surface area contributed by atoms with Gasteiger partial charge < -0.3 is 13.9 Å². The highest BCUT2D eigenvalue weighted by Crippen LogP contribution is 2.64. The van der Waals surface area contributed by atoms with Gasteiger partial charge in [0.05, 0.1) is 12.5 Å². The molecule has 0 amide bonds. The number of ether oxygens (including phenoxy) is 2. The number of carbonyl (C=O) groups is 1. The maximum Gasteiger partial charge on any atom is 0.312 e. The van der Waals surface area contributed by atoms with Crippen molar-refractivity contribution in [2.75, 3.05) is 7.11 Å².